The van der Waals surface area contributed by atoms with Crippen LogP contribution in [0.1, 0.15) is 69.1 Å². The van der Waals surface area contributed by atoms with Crippen LogP contribution < -0.4 is 10.6 Å². The van der Waals surface area contributed by atoms with Gasteiger partial charge in [-0.15, -0.1) is 24.0 Å². The van der Waals surface area contributed by atoms with Crippen LogP contribution in [0.25, 0.3) is 0 Å². The number of hydrogen-bond acceptors (Lipinski definition) is 4. The Hall–Kier alpha value is -0.900. The largest absolute Gasteiger partial charge is 0.376 e. The van der Waals surface area contributed by atoms with Gasteiger partial charge in [-0.2, -0.15) is 5.10 Å². The average Bonchev–Trinajstić information content (AvgIpc) is 2.82. The highest BCUT2D eigenvalue weighted by molar-refractivity contribution is 14.0. The van der Waals surface area contributed by atoms with Crippen LogP contribution in [0.15, 0.2) is 4.99 Å². The molecule has 1 fully saturated rings. The summed E-state index contributed by atoms with van der Waals surface area (Å²) >= 11 is 0. The van der Waals surface area contributed by atoms with Crippen molar-refractivity contribution in [2.24, 2.45) is 4.99 Å². The summed E-state index contributed by atoms with van der Waals surface area (Å²) in [6.45, 7) is 4.40. The summed E-state index contributed by atoms with van der Waals surface area (Å²) in [7, 11) is 1.81. The van der Waals surface area contributed by atoms with E-state index >= 15 is 0 Å². The van der Waals surface area contributed by atoms with Crippen molar-refractivity contribution in [3.05, 3.63) is 11.6 Å². The van der Waals surface area contributed by atoms with Crippen molar-refractivity contribution < 1.29 is 4.74 Å². The van der Waals surface area contributed by atoms with Crippen molar-refractivity contribution in [2.45, 2.75) is 77.0 Å². The highest BCUT2D eigenvalue weighted by atomic mass is 127. The summed E-state index contributed by atoms with van der Waals surface area (Å²) in [5.74, 6) is 2.66. The van der Waals surface area contributed by atoms with E-state index in [0.717, 1.165) is 50.1 Å². The minimum atomic E-state index is 0. The van der Waals surface area contributed by atoms with Gasteiger partial charge in [0.15, 0.2) is 5.96 Å². The van der Waals surface area contributed by atoms with E-state index in [9.17, 15) is 0 Å². The first-order valence-electron chi connectivity index (χ1n) is 9.76. The van der Waals surface area contributed by atoms with Gasteiger partial charge in [0.05, 0.1) is 18.8 Å². The van der Waals surface area contributed by atoms with Crippen LogP contribution in [0.4, 0.5) is 0 Å². The van der Waals surface area contributed by atoms with Crippen LogP contribution in [0.2, 0.25) is 0 Å². The average molecular weight is 476 g/mol. The molecule has 2 aliphatic rings. The van der Waals surface area contributed by atoms with E-state index < -0.39 is 0 Å². The van der Waals surface area contributed by atoms with Gasteiger partial charge in [-0.3, -0.25) is 4.99 Å². The smallest absolute Gasteiger partial charge is 0.191 e. The molecule has 1 aliphatic heterocycles. The predicted octanol–water partition coefficient (Wildman–Crippen LogP) is 2.94. The topological polar surface area (TPSA) is 76.4 Å². The molecule has 8 heteroatoms. The first kappa shape index (κ1) is 21.4. The van der Waals surface area contributed by atoms with Gasteiger partial charge in [0, 0.05) is 20.1 Å². The van der Waals surface area contributed by atoms with Gasteiger partial charge in [-0.05, 0) is 32.6 Å². The summed E-state index contributed by atoms with van der Waals surface area (Å²) in [4.78, 5) is 8.91. The molecule has 3 rings (SSSR count). The summed E-state index contributed by atoms with van der Waals surface area (Å²) in [6.07, 6.45) is 10.4. The molecule has 1 aromatic rings. The molecule has 0 amide bonds. The molecular formula is C18H33IN6O. The Morgan fingerprint density at radius 1 is 1.19 bits per heavy atom. The molecule has 148 valence electrons. The molecule has 1 unspecified atom stereocenters. The molecule has 0 bridgehead atoms. The van der Waals surface area contributed by atoms with Gasteiger partial charge < -0.3 is 15.4 Å². The van der Waals surface area contributed by atoms with E-state index in [4.69, 9.17) is 4.74 Å². The summed E-state index contributed by atoms with van der Waals surface area (Å²) < 4.78 is 8.05. The Labute approximate surface area is 173 Å². The van der Waals surface area contributed by atoms with Crippen molar-refractivity contribution in [3.8, 4) is 0 Å². The standard InChI is InChI=1S/C18H32N6O.HI/c1-14-21-17-16(10-7-12-24(17)23-14)22-18(19-2)20-11-13-25-15-8-5-3-4-6-9-15;/h15-16H,3-13H2,1-2H3,(H2,19,20,22);1H. The van der Waals surface area contributed by atoms with Gasteiger partial charge in [-0.1, -0.05) is 25.7 Å². The normalized spacial score (nSPS) is 21.5. The third kappa shape index (κ3) is 6.07. The molecule has 2 heterocycles. The highest BCUT2D eigenvalue weighted by Crippen LogP contribution is 2.22. The fourth-order valence-electron chi connectivity index (χ4n) is 3.77. The number of ether oxygens (including phenoxy) is 1. The number of nitrogens with zero attached hydrogens (tertiary/aromatic N) is 4. The van der Waals surface area contributed by atoms with Crippen LogP contribution in [0, 0.1) is 6.92 Å². The molecule has 2 N–H and O–H groups in total. The Kier molecular flexibility index (Phi) is 9.10. The molecule has 0 saturated heterocycles. The highest BCUT2D eigenvalue weighted by Gasteiger charge is 2.24. The maximum Gasteiger partial charge on any atom is 0.191 e. The zero-order valence-corrected chi connectivity index (χ0v) is 18.4. The van der Waals surface area contributed by atoms with Crippen molar-refractivity contribution in [1.29, 1.82) is 0 Å². The molecule has 1 saturated carbocycles. The van der Waals surface area contributed by atoms with Crippen LogP contribution in [-0.2, 0) is 11.3 Å². The van der Waals surface area contributed by atoms with Crippen molar-refractivity contribution in [3.63, 3.8) is 0 Å². The Morgan fingerprint density at radius 3 is 2.69 bits per heavy atom. The maximum atomic E-state index is 6.04. The van der Waals surface area contributed by atoms with Crippen LogP contribution >= 0.6 is 24.0 Å². The molecule has 1 aliphatic carbocycles. The second-order valence-corrected chi connectivity index (χ2v) is 7.06. The minimum Gasteiger partial charge on any atom is -0.376 e. The van der Waals surface area contributed by atoms with E-state index in [1.54, 1.807) is 7.05 Å². The number of hydrogen-bond donors (Lipinski definition) is 2. The molecule has 0 radical (unpaired) electrons. The second kappa shape index (κ2) is 11.1. The number of rotatable bonds is 5. The Morgan fingerprint density at radius 2 is 1.96 bits per heavy atom. The fourth-order valence-corrected chi connectivity index (χ4v) is 3.77. The zero-order valence-electron chi connectivity index (χ0n) is 16.0. The maximum absolute atomic E-state index is 6.04. The lowest BCUT2D eigenvalue weighted by Crippen LogP contribution is -2.42. The monoisotopic (exact) mass is 476 g/mol. The van der Waals surface area contributed by atoms with Crippen LogP contribution in [-0.4, -0.2) is 47.0 Å². The number of aromatic nitrogens is 3. The van der Waals surface area contributed by atoms with E-state index in [2.05, 4.69) is 25.7 Å². The summed E-state index contributed by atoms with van der Waals surface area (Å²) in [6, 6.07) is 0.170. The Balaban J connectivity index is 0.00000243. The van der Waals surface area contributed by atoms with Crippen molar-refractivity contribution >= 4 is 29.9 Å². The number of nitrogens with one attached hydrogen (secondary N) is 2. The van der Waals surface area contributed by atoms with Gasteiger partial charge in [0.2, 0.25) is 0 Å². The zero-order chi connectivity index (χ0) is 17.5. The van der Waals surface area contributed by atoms with Gasteiger partial charge in [-0.25, -0.2) is 9.67 Å². The van der Waals surface area contributed by atoms with Gasteiger partial charge in [0.25, 0.3) is 0 Å². The molecule has 0 aromatic carbocycles. The summed E-state index contributed by atoms with van der Waals surface area (Å²) in [5, 5.41) is 11.3. The third-order valence-corrected chi connectivity index (χ3v) is 5.07. The molecule has 0 spiro atoms. The quantitative estimate of drug-likeness (QED) is 0.225. The Bertz CT molecular complexity index is 568. The number of fused-ring (bicyclic) bond motifs is 1. The summed E-state index contributed by atoms with van der Waals surface area (Å²) in [5.41, 5.74) is 0. The number of guanidine groups is 1. The lowest BCUT2D eigenvalue weighted by atomic mass is 10.1. The molecule has 1 aromatic heterocycles. The molecule has 1 atom stereocenters. The van der Waals surface area contributed by atoms with E-state index in [0.29, 0.717) is 6.10 Å². The SMILES string of the molecule is CN=C(NCCOC1CCCCCC1)NC1CCCn2nc(C)nc21.I. The van der Waals surface area contributed by atoms with E-state index in [-0.39, 0.29) is 30.0 Å². The second-order valence-electron chi connectivity index (χ2n) is 7.06. The van der Waals surface area contributed by atoms with Crippen molar-refractivity contribution in [2.75, 3.05) is 20.2 Å². The van der Waals surface area contributed by atoms with E-state index in [1.807, 2.05) is 11.6 Å². The number of aliphatic imine (C=N–C) groups is 1. The minimum absolute atomic E-state index is 0. The number of aryl methyl sites for hydroxylation is 2. The predicted molar refractivity (Wildman–Crippen MR) is 114 cm³/mol. The van der Waals surface area contributed by atoms with E-state index in [1.165, 1.54) is 38.5 Å². The van der Waals surface area contributed by atoms with Crippen LogP contribution in [0.3, 0.4) is 0 Å². The molecule has 26 heavy (non-hydrogen) atoms. The number of halogens is 1. The van der Waals surface area contributed by atoms with Crippen LogP contribution in [0.5, 0.6) is 0 Å². The molecule has 7 nitrogen and oxygen atoms in total. The van der Waals surface area contributed by atoms with Gasteiger partial charge >= 0.3 is 0 Å². The third-order valence-electron chi connectivity index (χ3n) is 5.07. The lowest BCUT2D eigenvalue weighted by molar-refractivity contribution is 0.0468. The lowest BCUT2D eigenvalue weighted by Gasteiger charge is -2.25. The first-order chi connectivity index (χ1) is 12.3. The first-order valence-corrected chi connectivity index (χ1v) is 9.76. The fraction of sp³-hybridized carbons (Fsp3) is 0.833. The van der Waals surface area contributed by atoms with Gasteiger partial charge in [0.1, 0.15) is 11.6 Å². The van der Waals surface area contributed by atoms with Crippen molar-refractivity contribution in [1.82, 2.24) is 25.4 Å². The molecular weight excluding hydrogens is 443 g/mol.